The number of fused-ring (bicyclic) bond motifs is 1. The van der Waals surface area contributed by atoms with Gasteiger partial charge in [-0.1, -0.05) is 0 Å². The average Bonchev–Trinajstić information content (AvgIpc) is 2.52. The first-order valence-electron chi connectivity index (χ1n) is 7.61. The first kappa shape index (κ1) is 14.7. The lowest BCUT2D eigenvalue weighted by molar-refractivity contribution is 0.434. The Labute approximate surface area is 134 Å². The number of hydrogen-bond acceptors (Lipinski definition) is 4. The maximum absolute atomic E-state index is 4.60. The molecule has 5 heteroatoms. The van der Waals surface area contributed by atoms with Gasteiger partial charge in [-0.3, -0.25) is 9.97 Å². The Kier molecular flexibility index (Phi) is 4.70. The fraction of sp³-hybridized carbons (Fsp3) is 0.500. The van der Waals surface area contributed by atoms with Gasteiger partial charge in [-0.2, -0.15) is 0 Å². The minimum absolute atomic E-state index is 0.599. The minimum Gasteiger partial charge on any atom is -0.367 e. The Balaban J connectivity index is 1.97. The zero-order valence-corrected chi connectivity index (χ0v) is 13.9. The second-order valence-electron chi connectivity index (χ2n) is 5.59. The molecular weight excluding hydrogens is 328 g/mol. The summed E-state index contributed by atoms with van der Waals surface area (Å²) in [7, 11) is 2.02. The first-order valence-corrected chi connectivity index (χ1v) is 8.40. The molecule has 2 aromatic rings. The predicted octanol–water partition coefficient (Wildman–Crippen LogP) is 3.36. The summed E-state index contributed by atoms with van der Waals surface area (Å²) in [6.45, 7) is 2.17. The second kappa shape index (κ2) is 6.71. The Morgan fingerprint density at radius 3 is 3.14 bits per heavy atom. The lowest BCUT2D eigenvalue weighted by Gasteiger charge is -2.38. The summed E-state index contributed by atoms with van der Waals surface area (Å²) in [4.78, 5) is 11.6. The number of nitrogens with zero attached hydrogens (tertiary/aromatic N) is 3. The molecular formula is C16H21BrN4. The van der Waals surface area contributed by atoms with Crippen LogP contribution in [0.4, 0.5) is 5.69 Å². The molecule has 4 nitrogen and oxygen atoms in total. The van der Waals surface area contributed by atoms with Crippen LogP contribution in [0.25, 0.3) is 11.0 Å². The van der Waals surface area contributed by atoms with Crippen LogP contribution in [-0.2, 0) is 0 Å². The van der Waals surface area contributed by atoms with Gasteiger partial charge in [0.25, 0.3) is 0 Å². The van der Waals surface area contributed by atoms with E-state index in [4.69, 9.17) is 0 Å². The van der Waals surface area contributed by atoms with E-state index in [1.54, 1.807) is 0 Å². The smallest absolute Gasteiger partial charge is 0.112 e. The maximum Gasteiger partial charge on any atom is 0.112 e. The molecule has 21 heavy (non-hydrogen) atoms. The van der Waals surface area contributed by atoms with Gasteiger partial charge in [0.15, 0.2) is 0 Å². The molecule has 0 bridgehead atoms. The average molecular weight is 349 g/mol. The first-order chi connectivity index (χ1) is 10.3. The van der Waals surface area contributed by atoms with Gasteiger partial charge in [-0.15, -0.1) is 0 Å². The van der Waals surface area contributed by atoms with E-state index in [0.717, 1.165) is 28.6 Å². The number of nitrogens with one attached hydrogen (secondary N) is 1. The Morgan fingerprint density at radius 2 is 2.29 bits per heavy atom. The van der Waals surface area contributed by atoms with E-state index in [1.165, 1.54) is 31.4 Å². The third kappa shape index (κ3) is 3.19. The topological polar surface area (TPSA) is 41.0 Å². The highest BCUT2D eigenvalue weighted by molar-refractivity contribution is 9.10. The van der Waals surface area contributed by atoms with Crippen molar-refractivity contribution in [2.45, 2.75) is 31.7 Å². The number of anilines is 1. The predicted molar refractivity (Wildman–Crippen MR) is 90.8 cm³/mol. The second-order valence-corrected chi connectivity index (χ2v) is 6.50. The Hall–Kier alpha value is -1.20. The molecule has 1 N–H and O–H groups in total. The van der Waals surface area contributed by atoms with Crippen LogP contribution in [0.15, 0.2) is 29.0 Å². The van der Waals surface area contributed by atoms with Crippen LogP contribution in [0.2, 0.25) is 0 Å². The maximum atomic E-state index is 4.60. The van der Waals surface area contributed by atoms with Gasteiger partial charge in [-0.25, -0.2) is 0 Å². The van der Waals surface area contributed by atoms with E-state index in [-0.39, 0.29) is 0 Å². The van der Waals surface area contributed by atoms with Gasteiger partial charge < -0.3 is 10.2 Å². The van der Waals surface area contributed by atoms with Crippen LogP contribution in [-0.4, -0.2) is 36.1 Å². The standard InChI is InChI=1S/C16H21BrN4/c1-18-7-5-13-4-2-3-9-21(13)15-6-8-19-14-10-12(17)11-20-16(14)15/h6,8,10-11,13,18H,2-5,7,9H2,1H3. The molecule has 2 aromatic heterocycles. The molecule has 3 heterocycles. The fourth-order valence-corrected chi connectivity index (χ4v) is 3.47. The van der Waals surface area contributed by atoms with Gasteiger partial charge in [0, 0.05) is 29.5 Å². The third-order valence-electron chi connectivity index (χ3n) is 4.19. The summed E-state index contributed by atoms with van der Waals surface area (Å²) in [5.41, 5.74) is 3.20. The molecule has 0 radical (unpaired) electrons. The van der Waals surface area contributed by atoms with E-state index >= 15 is 0 Å². The van der Waals surface area contributed by atoms with E-state index in [1.807, 2.05) is 25.5 Å². The molecule has 1 unspecified atom stereocenters. The largest absolute Gasteiger partial charge is 0.367 e. The van der Waals surface area contributed by atoms with Crippen molar-refractivity contribution in [2.24, 2.45) is 0 Å². The molecule has 112 valence electrons. The number of rotatable bonds is 4. The highest BCUT2D eigenvalue weighted by Crippen LogP contribution is 2.31. The highest BCUT2D eigenvalue weighted by Gasteiger charge is 2.24. The van der Waals surface area contributed by atoms with Crippen LogP contribution in [0.3, 0.4) is 0 Å². The van der Waals surface area contributed by atoms with Crippen molar-refractivity contribution >= 4 is 32.7 Å². The molecule has 1 atom stereocenters. The Morgan fingerprint density at radius 1 is 1.38 bits per heavy atom. The summed E-state index contributed by atoms with van der Waals surface area (Å²) in [6, 6.07) is 4.75. The van der Waals surface area contributed by atoms with Crippen LogP contribution in [0, 0.1) is 0 Å². The Bertz CT molecular complexity index is 616. The van der Waals surface area contributed by atoms with Gasteiger partial charge in [-0.05, 0) is 67.3 Å². The lowest BCUT2D eigenvalue weighted by atomic mass is 9.98. The molecule has 1 saturated heterocycles. The van der Waals surface area contributed by atoms with Crippen molar-refractivity contribution in [3.63, 3.8) is 0 Å². The number of halogens is 1. The number of piperidine rings is 1. The van der Waals surface area contributed by atoms with Crippen molar-refractivity contribution in [3.8, 4) is 0 Å². The molecule has 0 aromatic carbocycles. The molecule has 0 amide bonds. The third-order valence-corrected chi connectivity index (χ3v) is 4.62. The summed E-state index contributed by atoms with van der Waals surface area (Å²) >= 11 is 3.47. The van der Waals surface area contributed by atoms with Crippen molar-refractivity contribution in [2.75, 3.05) is 25.0 Å². The van der Waals surface area contributed by atoms with E-state index in [2.05, 4.69) is 42.2 Å². The molecule has 0 saturated carbocycles. The summed E-state index contributed by atoms with van der Waals surface area (Å²) in [5, 5.41) is 3.27. The van der Waals surface area contributed by atoms with Gasteiger partial charge in [0.1, 0.15) is 5.52 Å². The van der Waals surface area contributed by atoms with Gasteiger partial charge in [0.2, 0.25) is 0 Å². The fourth-order valence-electron chi connectivity index (χ4n) is 3.15. The van der Waals surface area contributed by atoms with Crippen LogP contribution in [0.5, 0.6) is 0 Å². The quantitative estimate of drug-likeness (QED) is 0.919. The monoisotopic (exact) mass is 348 g/mol. The lowest BCUT2D eigenvalue weighted by Crippen LogP contribution is -2.41. The van der Waals surface area contributed by atoms with Crippen LogP contribution >= 0.6 is 15.9 Å². The zero-order chi connectivity index (χ0) is 14.7. The van der Waals surface area contributed by atoms with E-state index in [9.17, 15) is 0 Å². The summed E-state index contributed by atoms with van der Waals surface area (Å²) < 4.78 is 0.977. The van der Waals surface area contributed by atoms with Gasteiger partial charge in [0.05, 0.1) is 11.2 Å². The van der Waals surface area contributed by atoms with E-state index < -0.39 is 0 Å². The number of pyridine rings is 2. The van der Waals surface area contributed by atoms with Crippen molar-refractivity contribution < 1.29 is 0 Å². The summed E-state index contributed by atoms with van der Waals surface area (Å²) in [6.07, 6.45) is 8.79. The molecule has 0 spiro atoms. The minimum atomic E-state index is 0.599. The molecule has 1 aliphatic rings. The van der Waals surface area contributed by atoms with Gasteiger partial charge >= 0.3 is 0 Å². The molecule has 1 aliphatic heterocycles. The zero-order valence-electron chi connectivity index (χ0n) is 12.3. The normalized spacial score (nSPS) is 19.1. The van der Waals surface area contributed by atoms with Crippen molar-refractivity contribution in [3.05, 3.63) is 29.0 Å². The SMILES string of the molecule is CNCCC1CCCCN1c1ccnc2cc(Br)cnc12. The van der Waals surface area contributed by atoms with Crippen LogP contribution in [0.1, 0.15) is 25.7 Å². The summed E-state index contributed by atoms with van der Waals surface area (Å²) in [5.74, 6) is 0. The molecule has 1 fully saturated rings. The highest BCUT2D eigenvalue weighted by atomic mass is 79.9. The van der Waals surface area contributed by atoms with Crippen molar-refractivity contribution in [1.82, 2.24) is 15.3 Å². The van der Waals surface area contributed by atoms with Crippen molar-refractivity contribution in [1.29, 1.82) is 0 Å². The number of aromatic nitrogens is 2. The molecule has 0 aliphatic carbocycles. The van der Waals surface area contributed by atoms with E-state index in [0.29, 0.717) is 6.04 Å². The molecule has 3 rings (SSSR count). The van der Waals surface area contributed by atoms with Crippen LogP contribution < -0.4 is 10.2 Å². The number of hydrogen-bond donors (Lipinski definition) is 1.